The number of benzene rings is 2. The summed E-state index contributed by atoms with van der Waals surface area (Å²) in [6.07, 6.45) is 0.803. The Morgan fingerprint density at radius 1 is 1.14 bits per heavy atom. The van der Waals surface area contributed by atoms with Crippen molar-refractivity contribution in [2.75, 3.05) is 13.7 Å². The first-order chi connectivity index (χ1) is 14.0. The van der Waals surface area contributed by atoms with Crippen molar-refractivity contribution in [2.45, 2.75) is 39.5 Å². The molecule has 0 saturated carbocycles. The minimum atomic E-state index is -0.355. The van der Waals surface area contributed by atoms with E-state index in [-0.39, 0.29) is 24.1 Å². The van der Waals surface area contributed by atoms with Gasteiger partial charge < -0.3 is 9.64 Å². The van der Waals surface area contributed by atoms with Crippen LogP contribution in [0.2, 0.25) is 0 Å². The standard InChI is InChI=1S/C23H27N3O3/c1-4-14-26-22(24-20-13-9-8-12-19(20)23(26)28)17(2)25(3)21(27)16-29-15-18-10-6-5-7-11-18/h5-13,17H,4,14-16H2,1-3H3. The van der Waals surface area contributed by atoms with Crippen molar-refractivity contribution in [1.29, 1.82) is 0 Å². The van der Waals surface area contributed by atoms with Gasteiger partial charge in [-0.05, 0) is 31.0 Å². The van der Waals surface area contributed by atoms with Crippen LogP contribution in [0.5, 0.6) is 0 Å². The number of para-hydroxylation sites is 1. The van der Waals surface area contributed by atoms with Crippen molar-refractivity contribution in [3.8, 4) is 0 Å². The van der Waals surface area contributed by atoms with Crippen molar-refractivity contribution >= 4 is 16.8 Å². The van der Waals surface area contributed by atoms with Gasteiger partial charge in [-0.15, -0.1) is 0 Å². The minimum absolute atomic E-state index is 0.0265. The van der Waals surface area contributed by atoms with Crippen molar-refractivity contribution < 1.29 is 9.53 Å². The molecule has 6 heteroatoms. The fraction of sp³-hybridized carbons (Fsp3) is 0.348. The van der Waals surface area contributed by atoms with E-state index in [1.807, 2.05) is 62.4 Å². The summed E-state index contributed by atoms with van der Waals surface area (Å²) in [6.45, 7) is 4.81. The molecule has 3 rings (SSSR count). The van der Waals surface area contributed by atoms with Gasteiger partial charge in [-0.25, -0.2) is 4.98 Å². The second-order valence-corrected chi connectivity index (χ2v) is 7.10. The molecule has 0 bridgehead atoms. The third kappa shape index (κ3) is 4.71. The van der Waals surface area contributed by atoms with Gasteiger partial charge in [0, 0.05) is 13.6 Å². The smallest absolute Gasteiger partial charge is 0.261 e. The number of fused-ring (bicyclic) bond motifs is 1. The normalized spacial score (nSPS) is 12.1. The van der Waals surface area contributed by atoms with Crippen LogP contribution in [0.1, 0.15) is 37.7 Å². The maximum atomic E-state index is 13.0. The highest BCUT2D eigenvalue weighted by Gasteiger charge is 2.23. The van der Waals surface area contributed by atoms with E-state index in [1.165, 1.54) is 0 Å². The third-order valence-electron chi connectivity index (χ3n) is 5.02. The number of hydrogen-bond acceptors (Lipinski definition) is 4. The number of carbonyl (C=O) groups is 1. The number of aromatic nitrogens is 2. The Balaban J connectivity index is 1.78. The zero-order chi connectivity index (χ0) is 20.8. The van der Waals surface area contributed by atoms with Crippen LogP contribution in [0.15, 0.2) is 59.4 Å². The summed E-state index contributed by atoms with van der Waals surface area (Å²) < 4.78 is 7.26. The first kappa shape index (κ1) is 20.7. The number of likely N-dealkylation sites (N-methyl/N-ethyl adjacent to an activating group) is 1. The van der Waals surface area contributed by atoms with Gasteiger partial charge in [0.15, 0.2) is 0 Å². The molecule has 0 N–H and O–H groups in total. The van der Waals surface area contributed by atoms with Gasteiger partial charge in [0.05, 0.1) is 23.6 Å². The van der Waals surface area contributed by atoms with E-state index in [9.17, 15) is 9.59 Å². The summed E-state index contributed by atoms with van der Waals surface area (Å²) in [5.74, 6) is 0.438. The van der Waals surface area contributed by atoms with E-state index in [1.54, 1.807) is 22.6 Å². The van der Waals surface area contributed by atoms with Crippen LogP contribution in [0, 0.1) is 0 Å². The predicted octanol–water partition coefficient (Wildman–Crippen LogP) is 3.54. The molecular formula is C23H27N3O3. The molecule has 1 unspecified atom stereocenters. The van der Waals surface area contributed by atoms with Crippen LogP contribution in [0.4, 0.5) is 0 Å². The summed E-state index contributed by atoms with van der Waals surface area (Å²) in [4.78, 5) is 31.9. The average Bonchev–Trinajstić information content (AvgIpc) is 2.75. The molecule has 6 nitrogen and oxygen atoms in total. The molecule has 1 aromatic heterocycles. The molecule has 29 heavy (non-hydrogen) atoms. The fourth-order valence-electron chi connectivity index (χ4n) is 3.27. The summed E-state index contributed by atoms with van der Waals surface area (Å²) in [7, 11) is 1.72. The Kier molecular flexibility index (Phi) is 6.77. The Labute approximate surface area is 170 Å². The van der Waals surface area contributed by atoms with Crippen molar-refractivity contribution in [1.82, 2.24) is 14.5 Å². The molecule has 0 aliphatic carbocycles. The maximum absolute atomic E-state index is 13.0. The molecule has 1 atom stereocenters. The van der Waals surface area contributed by atoms with Gasteiger partial charge in [-0.2, -0.15) is 0 Å². The molecular weight excluding hydrogens is 366 g/mol. The number of carbonyl (C=O) groups excluding carboxylic acids is 1. The van der Waals surface area contributed by atoms with Gasteiger partial charge in [0.25, 0.3) is 5.56 Å². The molecule has 0 aliphatic heterocycles. The predicted molar refractivity (Wildman–Crippen MR) is 114 cm³/mol. The lowest BCUT2D eigenvalue weighted by molar-refractivity contribution is -0.137. The number of nitrogens with zero attached hydrogens (tertiary/aromatic N) is 3. The number of amides is 1. The molecule has 1 heterocycles. The highest BCUT2D eigenvalue weighted by Crippen LogP contribution is 2.19. The molecule has 0 spiro atoms. The Morgan fingerprint density at radius 2 is 1.83 bits per heavy atom. The first-order valence-corrected chi connectivity index (χ1v) is 9.89. The maximum Gasteiger partial charge on any atom is 0.261 e. The Morgan fingerprint density at radius 3 is 2.55 bits per heavy atom. The molecule has 0 fully saturated rings. The Hall–Kier alpha value is -2.99. The summed E-state index contributed by atoms with van der Waals surface area (Å²) in [5, 5.41) is 0.595. The van der Waals surface area contributed by atoms with Crippen LogP contribution in [0.3, 0.4) is 0 Å². The van der Waals surface area contributed by atoms with Crippen LogP contribution >= 0.6 is 0 Å². The first-order valence-electron chi connectivity index (χ1n) is 9.89. The highest BCUT2D eigenvalue weighted by atomic mass is 16.5. The summed E-state index contributed by atoms with van der Waals surface area (Å²) in [6, 6.07) is 16.7. The van der Waals surface area contributed by atoms with Crippen LogP contribution < -0.4 is 5.56 Å². The fourth-order valence-corrected chi connectivity index (χ4v) is 3.27. The van der Waals surface area contributed by atoms with Crippen LogP contribution in [-0.4, -0.2) is 34.0 Å². The van der Waals surface area contributed by atoms with E-state index in [0.717, 1.165) is 12.0 Å². The van der Waals surface area contributed by atoms with E-state index in [0.29, 0.717) is 29.9 Å². The highest BCUT2D eigenvalue weighted by molar-refractivity contribution is 5.78. The lowest BCUT2D eigenvalue weighted by Crippen LogP contribution is -2.37. The minimum Gasteiger partial charge on any atom is -0.367 e. The van der Waals surface area contributed by atoms with E-state index in [4.69, 9.17) is 9.72 Å². The van der Waals surface area contributed by atoms with Gasteiger partial charge in [-0.1, -0.05) is 49.4 Å². The van der Waals surface area contributed by atoms with Crippen molar-refractivity contribution in [3.05, 3.63) is 76.3 Å². The van der Waals surface area contributed by atoms with Gasteiger partial charge in [-0.3, -0.25) is 14.2 Å². The van der Waals surface area contributed by atoms with Crippen molar-refractivity contribution in [3.63, 3.8) is 0 Å². The van der Waals surface area contributed by atoms with Gasteiger partial charge in [0.2, 0.25) is 5.91 Å². The zero-order valence-corrected chi connectivity index (χ0v) is 17.2. The molecule has 1 amide bonds. The monoisotopic (exact) mass is 393 g/mol. The average molecular weight is 393 g/mol. The van der Waals surface area contributed by atoms with E-state index >= 15 is 0 Å². The number of ether oxygens (including phenoxy) is 1. The largest absolute Gasteiger partial charge is 0.367 e. The zero-order valence-electron chi connectivity index (χ0n) is 17.2. The molecule has 0 aliphatic rings. The number of rotatable bonds is 8. The van der Waals surface area contributed by atoms with Crippen LogP contribution in [0.25, 0.3) is 10.9 Å². The topological polar surface area (TPSA) is 64.4 Å². The quantitative estimate of drug-likeness (QED) is 0.587. The second kappa shape index (κ2) is 9.47. The SMILES string of the molecule is CCCn1c(C(C)N(C)C(=O)COCc2ccccc2)nc2ccccc2c1=O. The molecule has 0 saturated heterocycles. The van der Waals surface area contributed by atoms with Gasteiger partial charge in [0.1, 0.15) is 12.4 Å². The lowest BCUT2D eigenvalue weighted by Gasteiger charge is -2.27. The molecule has 0 radical (unpaired) electrons. The third-order valence-corrected chi connectivity index (χ3v) is 5.02. The van der Waals surface area contributed by atoms with E-state index in [2.05, 4.69) is 0 Å². The van der Waals surface area contributed by atoms with E-state index < -0.39 is 0 Å². The number of hydrogen-bond donors (Lipinski definition) is 0. The molecule has 3 aromatic rings. The van der Waals surface area contributed by atoms with Crippen LogP contribution in [-0.2, 0) is 22.7 Å². The van der Waals surface area contributed by atoms with Gasteiger partial charge >= 0.3 is 0 Å². The Bertz CT molecular complexity index is 1030. The summed E-state index contributed by atoms with van der Waals surface area (Å²) in [5.41, 5.74) is 1.59. The molecule has 2 aromatic carbocycles. The van der Waals surface area contributed by atoms with Crippen molar-refractivity contribution in [2.24, 2.45) is 0 Å². The molecule has 152 valence electrons. The second-order valence-electron chi connectivity index (χ2n) is 7.10. The summed E-state index contributed by atoms with van der Waals surface area (Å²) >= 11 is 0. The lowest BCUT2D eigenvalue weighted by atomic mass is 10.2.